The maximum atomic E-state index is 12.7. The van der Waals surface area contributed by atoms with E-state index in [9.17, 15) is 4.79 Å². The number of thiazole rings is 1. The first-order valence-corrected chi connectivity index (χ1v) is 11.1. The Hall–Kier alpha value is -1.28. The normalized spacial score (nSPS) is 20.8. The van der Waals surface area contributed by atoms with Gasteiger partial charge < -0.3 is 10.1 Å². The zero-order chi connectivity index (χ0) is 17.8. The van der Waals surface area contributed by atoms with Gasteiger partial charge in [0, 0.05) is 25.2 Å². The monoisotopic (exact) mass is 391 g/mol. The van der Waals surface area contributed by atoms with E-state index in [4.69, 9.17) is 4.74 Å². The molecule has 5 nitrogen and oxygen atoms in total. The summed E-state index contributed by atoms with van der Waals surface area (Å²) < 4.78 is 5.53. The highest BCUT2D eigenvalue weighted by Crippen LogP contribution is 2.34. The van der Waals surface area contributed by atoms with E-state index < -0.39 is 0 Å². The highest BCUT2D eigenvalue weighted by molar-refractivity contribution is 7.21. The molecule has 1 aliphatic carbocycles. The number of rotatable bonds is 5. The predicted octanol–water partition coefficient (Wildman–Crippen LogP) is 3.64. The molecule has 4 rings (SSSR count). The van der Waals surface area contributed by atoms with E-state index in [0.717, 1.165) is 55.6 Å². The number of hydrogen-bond acceptors (Lipinski definition) is 6. The van der Waals surface area contributed by atoms with Gasteiger partial charge in [0.05, 0.1) is 24.3 Å². The van der Waals surface area contributed by atoms with Crippen LogP contribution in [0.3, 0.4) is 0 Å². The zero-order valence-corrected chi connectivity index (χ0v) is 16.5. The topological polar surface area (TPSA) is 54.5 Å². The average molecular weight is 392 g/mol. The minimum absolute atomic E-state index is 0.00325. The number of amides is 1. The maximum Gasteiger partial charge on any atom is 0.263 e. The molecule has 1 saturated heterocycles. The molecule has 0 radical (unpaired) electrons. The summed E-state index contributed by atoms with van der Waals surface area (Å²) in [7, 11) is 0. The summed E-state index contributed by atoms with van der Waals surface area (Å²) in [6.45, 7) is 4.26. The van der Waals surface area contributed by atoms with Crippen LogP contribution in [0, 0.1) is 0 Å². The molecule has 26 heavy (non-hydrogen) atoms. The molecule has 0 spiro atoms. The molecular weight excluding hydrogens is 366 g/mol. The van der Waals surface area contributed by atoms with Gasteiger partial charge in [-0.25, -0.2) is 4.98 Å². The molecule has 1 saturated carbocycles. The summed E-state index contributed by atoms with van der Waals surface area (Å²) in [5, 5.41) is 6.17. The van der Waals surface area contributed by atoms with Gasteiger partial charge >= 0.3 is 0 Å². The SMILES string of the molecule is O=C(NCC1(N2CCOCC2)CCCCC1)c1cnc(-c2cccs2)s1. The first-order chi connectivity index (χ1) is 12.8. The fourth-order valence-corrected chi connectivity index (χ4v) is 5.71. The van der Waals surface area contributed by atoms with Crippen molar-refractivity contribution in [3.63, 3.8) is 0 Å². The van der Waals surface area contributed by atoms with Crippen LogP contribution in [0.15, 0.2) is 23.7 Å². The lowest BCUT2D eigenvalue weighted by atomic mass is 9.79. The lowest BCUT2D eigenvalue weighted by Gasteiger charge is -2.48. The molecule has 2 aliphatic rings. The Morgan fingerprint density at radius 3 is 2.81 bits per heavy atom. The van der Waals surface area contributed by atoms with Crippen LogP contribution in [-0.2, 0) is 4.74 Å². The number of aromatic nitrogens is 1. The second-order valence-corrected chi connectivity index (χ2v) is 9.05. The number of ether oxygens (including phenoxy) is 1. The summed E-state index contributed by atoms with van der Waals surface area (Å²) in [6.07, 6.45) is 7.83. The van der Waals surface area contributed by atoms with Gasteiger partial charge in [0.25, 0.3) is 5.91 Å². The molecule has 1 N–H and O–H groups in total. The minimum atomic E-state index is 0.00325. The van der Waals surface area contributed by atoms with E-state index in [0.29, 0.717) is 4.88 Å². The van der Waals surface area contributed by atoms with E-state index in [1.807, 2.05) is 17.5 Å². The van der Waals surface area contributed by atoms with Crippen molar-refractivity contribution in [2.24, 2.45) is 0 Å². The number of carbonyl (C=O) groups excluding carboxylic acids is 1. The van der Waals surface area contributed by atoms with Crippen LogP contribution in [0.25, 0.3) is 9.88 Å². The van der Waals surface area contributed by atoms with Gasteiger partial charge in [0.15, 0.2) is 0 Å². The second-order valence-electron chi connectivity index (χ2n) is 7.07. The highest BCUT2D eigenvalue weighted by atomic mass is 32.1. The van der Waals surface area contributed by atoms with Crippen molar-refractivity contribution in [3.05, 3.63) is 28.6 Å². The predicted molar refractivity (Wildman–Crippen MR) is 106 cm³/mol. The largest absolute Gasteiger partial charge is 0.379 e. The highest BCUT2D eigenvalue weighted by Gasteiger charge is 2.38. The van der Waals surface area contributed by atoms with Crippen LogP contribution >= 0.6 is 22.7 Å². The Balaban J connectivity index is 1.43. The number of nitrogens with one attached hydrogen (secondary N) is 1. The van der Waals surface area contributed by atoms with E-state index in [-0.39, 0.29) is 11.4 Å². The van der Waals surface area contributed by atoms with Crippen LogP contribution in [0.4, 0.5) is 0 Å². The van der Waals surface area contributed by atoms with Crippen molar-refractivity contribution < 1.29 is 9.53 Å². The Labute approximate surface area is 162 Å². The van der Waals surface area contributed by atoms with E-state index in [1.54, 1.807) is 17.5 Å². The third kappa shape index (κ3) is 3.86. The lowest BCUT2D eigenvalue weighted by Crippen LogP contribution is -2.59. The number of morpholine rings is 1. The van der Waals surface area contributed by atoms with Crippen molar-refractivity contribution in [1.29, 1.82) is 0 Å². The van der Waals surface area contributed by atoms with Crippen molar-refractivity contribution in [2.45, 2.75) is 37.6 Å². The van der Waals surface area contributed by atoms with Crippen molar-refractivity contribution in [1.82, 2.24) is 15.2 Å². The second kappa shape index (κ2) is 8.17. The van der Waals surface area contributed by atoms with Gasteiger partial charge in [0.2, 0.25) is 0 Å². The molecular formula is C19H25N3O2S2. The Morgan fingerprint density at radius 2 is 2.08 bits per heavy atom. The number of carbonyl (C=O) groups is 1. The first kappa shape index (κ1) is 18.1. The van der Waals surface area contributed by atoms with Crippen LogP contribution in [0.2, 0.25) is 0 Å². The average Bonchev–Trinajstić information content (AvgIpc) is 3.39. The van der Waals surface area contributed by atoms with Crippen LogP contribution in [-0.4, -0.2) is 54.2 Å². The molecule has 0 atom stereocenters. The van der Waals surface area contributed by atoms with Crippen molar-refractivity contribution >= 4 is 28.6 Å². The number of thiophene rings is 1. The molecule has 1 aliphatic heterocycles. The molecule has 3 heterocycles. The third-order valence-corrected chi connectivity index (χ3v) is 7.54. The molecule has 0 unspecified atom stereocenters. The number of hydrogen-bond donors (Lipinski definition) is 1. The van der Waals surface area contributed by atoms with Crippen LogP contribution in [0.1, 0.15) is 41.8 Å². The summed E-state index contributed by atoms with van der Waals surface area (Å²) in [4.78, 5) is 21.5. The molecule has 2 aromatic rings. The summed E-state index contributed by atoms with van der Waals surface area (Å²) >= 11 is 3.13. The summed E-state index contributed by atoms with van der Waals surface area (Å²) in [6, 6.07) is 4.05. The van der Waals surface area contributed by atoms with Gasteiger partial charge in [-0.3, -0.25) is 9.69 Å². The van der Waals surface area contributed by atoms with Crippen LogP contribution in [0.5, 0.6) is 0 Å². The van der Waals surface area contributed by atoms with Gasteiger partial charge in [-0.15, -0.1) is 22.7 Å². The van der Waals surface area contributed by atoms with Gasteiger partial charge in [-0.05, 0) is 24.3 Å². The van der Waals surface area contributed by atoms with Crippen molar-refractivity contribution in [2.75, 3.05) is 32.8 Å². The zero-order valence-electron chi connectivity index (χ0n) is 14.9. The smallest absolute Gasteiger partial charge is 0.263 e. The molecule has 0 aromatic carbocycles. The maximum absolute atomic E-state index is 12.7. The molecule has 2 aromatic heterocycles. The fraction of sp³-hybridized carbons (Fsp3) is 0.579. The van der Waals surface area contributed by atoms with E-state index >= 15 is 0 Å². The van der Waals surface area contributed by atoms with Gasteiger partial charge in [-0.1, -0.05) is 25.3 Å². The Bertz CT molecular complexity index is 717. The Kier molecular flexibility index (Phi) is 5.69. The Morgan fingerprint density at radius 1 is 1.27 bits per heavy atom. The van der Waals surface area contributed by atoms with E-state index in [1.165, 1.54) is 30.6 Å². The van der Waals surface area contributed by atoms with E-state index in [2.05, 4.69) is 15.2 Å². The fourth-order valence-electron chi connectivity index (χ4n) is 4.08. The third-order valence-electron chi connectivity index (χ3n) is 5.51. The lowest BCUT2D eigenvalue weighted by molar-refractivity contribution is -0.0361. The quantitative estimate of drug-likeness (QED) is 0.846. The molecule has 7 heteroatoms. The molecule has 0 bridgehead atoms. The minimum Gasteiger partial charge on any atom is -0.379 e. The van der Waals surface area contributed by atoms with Gasteiger partial charge in [0.1, 0.15) is 9.88 Å². The number of nitrogens with zero attached hydrogens (tertiary/aromatic N) is 2. The molecule has 140 valence electrons. The first-order valence-electron chi connectivity index (χ1n) is 9.38. The summed E-state index contributed by atoms with van der Waals surface area (Å²) in [5.74, 6) is 0.00325. The summed E-state index contributed by atoms with van der Waals surface area (Å²) in [5.41, 5.74) is 0.0962. The van der Waals surface area contributed by atoms with Crippen molar-refractivity contribution in [3.8, 4) is 9.88 Å². The standard InChI is InChI=1S/C19H25N3O2S2/c23-17(16-13-20-18(26-16)15-5-4-12-25-15)21-14-19(6-2-1-3-7-19)22-8-10-24-11-9-22/h4-5,12-13H,1-3,6-11,14H2,(H,21,23). The molecule has 2 fully saturated rings. The van der Waals surface area contributed by atoms with Crippen LogP contribution < -0.4 is 5.32 Å². The van der Waals surface area contributed by atoms with Gasteiger partial charge in [-0.2, -0.15) is 0 Å². The molecule has 1 amide bonds.